The van der Waals surface area contributed by atoms with Crippen LogP contribution in [0.25, 0.3) is 0 Å². The van der Waals surface area contributed by atoms with Crippen LogP contribution >= 0.6 is 38.9 Å². The zero-order chi connectivity index (χ0) is 14.1. The number of rotatable bonds is 3. The summed E-state index contributed by atoms with van der Waals surface area (Å²) in [5.41, 5.74) is 2.71. The van der Waals surface area contributed by atoms with Crippen LogP contribution in [-0.2, 0) is 6.42 Å². The zero-order valence-electron chi connectivity index (χ0n) is 11.3. The normalized spacial score (nSPS) is 19.6. The smallest absolute Gasteiger partial charge is 0.0934 e. The van der Waals surface area contributed by atoms with Gasteiger partial charge in [0, 0.05) is 21.4 Å². The van der Waals surface area contributed by atoms with Crippen LogP contribution in [0.1, 0.15) is 47.9 Å². The largest absolute Gasteiger partial charge is 0.303 e. The van der Waals surface area contributed by atoms with Gasteiger partial charge < -0.3 is 5.32 Å². The molecule has 3 rings (SSSR count). The second kappa shape index (κ2) is 6.18. The second-order valence-corrected chi connectivity index (χ2v) is 7.91. The zero-order valence-corrected chi connectivity index (χ0v) is 14.5. The van der Waals surface area contributed by atoms with Gasteiger partial charge in [0.15, 0.2) is 0 Å². The Labute approximate surface area is 137 Å². The number of hydrogen-bond acceptors (Lipinski definition) is 2. The lowest BCUT2D eigenvalue weighted by Crippen LogP contribution is -2.27. The molecule has 0 bridgehead atoms. The van der Waals surface area contributed by atoms with E-state index in [9.17, 15) is 0 Å². The Morgan fingerprint density at radius 1 is 1.40 bits per heavy atom. The van der Waals surface area contributed by atoms with Gasteiger partial charge in [-0.2, -0.15) is 0 Å². The van der Waals surface area contributed by atoms with Crippen molar-refractivity contribution in [2.24, 2.45) is 0 Å². The van der Waals surface area contributed by atoms with E-state index in [0.29, 0.717) is 12.1 Å². The standard InChI is InChI=1S/C16H17BrClNS/c1-10(11-5-2-3-6-13(11)17)19-14-7-4-8-15-12(14)9-16(18)20-15/h2-3,5-6,9-10,14,19H,4,7-8H2,1H3/t10-,14?/m0/s1. The van der Waals surface area contributed by atoms with Crippen molar-refractivity contribution in [3.63, 3.8) is 0 Å². The molecule has 1 nitrogen and oxygen atoms in total. The van der Waals surface area contributed by atoms with E-state index in [1.165, 1.54) is 39.7 Å². The first-order valence-corrected chi connectivity index (χ1v) is 8.92. The Kier molecular flexibility index (Phi) is 4.51. The molecule has 0 saturated carbocycles. The fourth-order valence-electron chi connectivity index (χ4n) is 2.91. The summed E-state index contributed by atoms with van der Waals surface area (Å²) in [6.45, 7) is 2.22. The number of nitrogens with one attached hydrogen (secondary N) is 1. The average Bonchev–Trinajstić information content (AvgIpc) is 2.80. The highest BCUT2D eigenvalue weighted by Crippen LogP contribution is 2.39. The molecular weight excluding hydrogens is 354 g/mol. The van der Waals surface area contributed by atoms with Crippen molar-refractivity contribution in [1.29, 1.82) is 0 Å². The molecule has 1 aliphatic carbocycles. The van der Waals surface area contributed by atoms with Gasteiger partial charge in [-0.3, -0.25) is 0 Å². The van der Waals surface area contributed by atoms with Gasteiger partial charge in [-0.05, 0) is 49.4 Å². The van der Waals surface area contributed by atoms with Gasteiger partial charge in [0.1, 0.15) is 0 Å². The lowest BCUT2D eigenvalue weighted by atomic mass is 9.93. The van der Waals surface area contributed by atoms with Gasteiger partial charge >= 0.3 is 0 Å². The Hall–Kier alpha value is -0.350. The topological polar surface area (TPSA) is 12.0 Å². The first-order valence-electron chi connectivity index (χ1n) is 6.93. The maximum Gasteiger partial charge on any atom is 0.0934 e. The molecule has 1 aromatic heterocycles. The van der Waals surface area contributed by atoms with Crippen LogP contribution in [0.5, 0.6) is 0 Å². The minimum Gasteiger partial charge on any atom is -0.303 e. The molecule has 0 spiro atoms. The predicted molar refractivity (Wildman–Crippen MR) is 90.7 cm³/mol. The van der Waals surface area contributed by atoms with Gasteiger partial charge in [0.2, 0.25) is 0 Å². The van der Waals surface area contributed by atoms with Gasteiger partial charge in [-0.25, -0.2) is 0 Å². The number of hydrogen-bond donors (Lipinski definition) is 1. The summed E-state index contributed by atoms with van der Waals surface area (Å²) in [6, 6.07) is 11.3. The summed E-state index contributed by atoms with van der Waals surface area (Å²) in [4.78, 5) is 1.46. The van der Waals surface area contributed by atoms with Crippen molar-refractivity contribution >= 4 is 38.9 Å². The molecule has 1 aliphatic rings. The quantitative estimate of drug-likeness (QED) is 0.710. The van der Waals surface area contributed by atoms with Crippen LogP contribution < -0.4 is 5.32 Å². The molecule has 0 fully saturated rings. The molecule has 20 heavy (non-hydrogen) atoms. The molecule has 0 aliphatic heterocycles. The highest BCUT2D eigenvalue weighted by atomic mass is 79.9. The third kappa shape index (κ3) is 2.96. The first-order chi connectivity index (χ1) is 9.65. The molecule has 1 N–H and O–H groups in total. The number of thiophene rings is 1. The third-order valence-corrected chi connectivity index (χ3v) is 5.97. The number of benzene rings is 1. The van der Waals surface area contributed by atoms with E-state index in [-0.39, 0.29) is 0 Å². The average molecular weight is 371 g/mol. The predicted octanol–water partition coefficient (Wildman–Crippen LogP) is 5.89. The van der Waals surface area contributed by atoms with Gasteiger partial charge in [0.05, 0.1) is 4.34 Å². The molecule has 1 aromatic carbocycles. The van der Waals surface area contributed by atoms with Crippen molar-refractivity contribution in [3.05, 3.63) is 55.1 Å². The van der Waals surface area contributed by atoms with Crippen molar-refractivity contribution in [3.8, 4) is 0 Å². The lowest BCUT2D eigenvalue weighted by molar-refractivity contribution is 0.417. The fraction of sp³-hybridized carbons (Fsp3) is 0.375. The molecule has 2 atom stereocenters. The van der Waals surface area contributed by atoms with Crippen LogP contribution in [0.4, 0.5) is 0 Å². The van der Waals surface area contributed by atoms with Crippen LogP contribution in [0.2, 0.25) is 4.34 Å². The van der Waals surface area contributed by atoms with E-state index in [1.54, 1.807) is 11.3 Å². The summed E-state index contributed by atoms with van der Waals surface area (Å²) < 4.78 is 2.08. The van der Waals surface area contributed by atoms with Gasteiger partial charge in [0.25, 0.3) is 0 Å². The number of aryl methyl sites for hydroxylation is 1. The molecular formula is C16H17BrClNS. The first kappa shape index (κ1) is 14.6. The molecule has 2 aromatic rings. The monoisotopic (exact) mass is 369 g/mol. The maximum atomic E-state index is 6.18. The Bertz CT molecular complexity index is 610. The number of fused-ring (bicyclic) bond motifs is 1. The van der Waals surface area contributed by atoms with Crippen molar-refractivity contribution < 1.29 is 0 Å². The summed E-state index contributed by atoms with van der Waals surface area (Å²) in [6.07, 6.45) is 3.60. The van der Waals surface area contributed by atoms with Crippen molar-refractivity contribution in [1.82, 2.24) is 5.32 Å². The summed E-state index contributed by atoms with van der Waals surface area (Å²) in [5, 5.41) is 3.76. The van der Waals surface area contributed by atoms with E-state index in [0.717, 1.165) is 4.34 Å². The highest BCUT2D eigenvalue weighted by Gasteiger charge is 2.24. The Morgan fingerprint density at radius 2 is 2.20 bits per heavy atom. The van der Waals surface area contributed by atoms with E-state index < -0.39 is 0 Å². The van der Waals surface area contributed by atoms with Gasteiger partial charge in [-0.1, -0.05) is 45.7 Å². The van der Waals surface area contributed by atoms with Crippen LogP contribution in [-0.4, -0.2) is 0 Å². The van der Waals surface area contributed by atoms with Crippen LogP contribution in [0.15, 0.2) is 34.8 Å². The lowest BCUT2D eigenvalue weighted by Gasteiger charge is -2.27. The van der Waals surface area contributed by atoms with E-state index in [4.69, 9.17) is 11.6 Å². The fourth-order valence-corrected chi connectivity index (χ4v) is 4.92. The Morgan fingerprint density at radius 3 is 3.00 bits per heavy atom. The summed E-state index contributed by atoms with van der Waals surface area (Å²) >= 11 is 11.6. The minimum atomic E-state index is 0.320. The summed E-state index contributed by atoms with van der Waals surface area (Å²) in [5.74, 6) is 0. The van der Waals surface area contributed by atoms with E-state index in [1.807, 2.05) is 0 Å². The van der Waals surface area contributed by atoms with E-state index in [2.05, 4.69) is 58.5 Å². The van der Waals surface area contributed by atoms with E-state index >= 15 is 0 Å². The molecule has 1 heterocycles. The highest BCUT2D eigenvalue weighted by molar-refractivity contribution is 9.10. The minimum absolute atomic E-state index is 0.320. The van der Waals surface area contributed by atoms with Gasteiger partial charge in [-0.15, -0.1) is 11.3 Å². The molecule has 1 unspecified atom stereocenters. The molecule has 0 radical (unpaired) electrons. The summed E-state index contributed by atoms with van der Waals surface area (Å²) in [7, 11) is 0. The Balaban J connectivity index is 1.80. The molecule has 4 heteroatoms. The van der Waals surface area contributed by atoms with Crippen molar-refractivity contribution in [2.75, 3.05) is 0 Å². The molecule has 0 saturated heterocycles. The van der Waals surface area contributed by atoms with Crippen LogP contribution in [0.3, 0.4) is 0 Å². The third-order valence-electron chi connectivity index (χ3n) is 3.91. The molecule has 106 valence electrons. The maximum absolute atomic E-state index is 6.18. The number of halogens is 2. The molecule has 0 amide bonds. The van der Waals surface area contributed by atoms with Crippen LogP contribution in [0, 0.1) is 0 Å². The second-order valence-electron chi connectivity index (χ2n) is 5.28. The van der Waals surface area contributed by atoms with Crippen molar-refractivity contribution in [2.45, 2.75) is 38.3 Å². The SMILES string of the molecule is C[C@H](NC1CCCc2sc(Cl)cc21)c1ccccc1Br.